The van der Waals surface area contributed by atoms with E-state index in [2.05, 4.69) is 5.32 Å². The van der Waals surface area contributed by atoms with Crippen molar-refractivity contribution in [3.8, 4) is 0 Å². The molecule has 6 nitrogen and oxygen atoms in total. The van der Waals surface area contributed by atoms with Gasteiger partial charge in [0.25, 0.3) is 0 Å². The van der Waals surface area contributed by atoms with E-state index in [-0.39, 0.29) is 5.60 Å². The number of carbonyl (C=O) groups excluding carboxylic acids is 2. The molecule has 1 aliphatic carbocycles. The fraction of sp³-hybridized carbons (Fsp3) is 0.292. The molecule has 2 heterocycles. The van der Waals surface area contributed by atoms with E-state index < -0.39 is 11.6 Å². The van der Waals surface area contributed by atoms with E-state index in [9.17, 15) is 9.59 Å². The second-order valence-electron chi connectivity index (χ2n) is 8.11. The fourth-order valence-corrected chi connectivity index (χ4v) is 5.55. The molecule has 0 atom stereocenters. The molecule has 1 spiro atoms. The number of likely N-dealkylation sites (tertiary alicyclic amines) is 1. The van der Waals surface area contributed by atoms with Crippen LogP contribution in [0.4, 0.5) is 0 Å². The van der Waals surface area contributed by atoms with E-state index in [1.54, 1.807) is 12.1 Å². The van der Waals surface area contributed by atoms with E-state index in [4.69, 9.17) is 10.1 Å². The lowest BCUT2D eigenvalue weighted by atomic mass is 9.90. The first-order valence-corrected chi connectivity index (χ1v) is 11.4. The Morgan fingerprint density at radius 3 is 2.42 bits per heavy atom. The standard InChI is InChI=1S/C24H23N3O3S/c25-23(26-14-16-6-2-1-3-7-16)27-12-10-24(11-13-27)15-31-22-20(29)19(28)17-8-4-5-9-18(17)21(22)30-24/h1-9H,10-15H2,(H2,25,26). The third-order valence-corrected chi connectivity index (χ3v) is 7.46. The Balaban J connectivity index is 1.27. The average molecular weight is 434 g/mol. The molecule has 2 aliphatic heterocycles. The summed E-state index contributed by atoms with van der Waals surface area (Å²) < 4.78 is 6.49. The smallest absolute Gasteiger partial charge is 0.243 e. The van der Waals surface area contributed by atoms with Crippen molar-refractivity contribution in [2.75, 3.05) is 18.8 Å². The topological polar surface area (TPSA) is 82.5 Å². The molecule has 1 saturated heterocycles. The summed E-state index contributed by atoms with van der Waals surface area (Å²) in [6.45, 7) is 2.04. The molecule has 0 aromatic heterocycles. The number of piperidine rings is 1. The zero-order valence-electron chi connectivity index (χ0n) is 17.0. The highest BCUT2D eigenvalue weighted by Gasteiger charge is 2.46. The molecular formula is C24H23N3O3S. The molecule has 158 valence electrons. The molecule has 5 rings (SSSR count). The molecule has 0 amide bonds. The van der Waals surface area contributed by atoms with Gasteiger partial charge in [0, 0.05) is 49.4 Å². The minimum absolute atomic E-state index is 0.381. The van der Waals surface area contributed by atoms with E-state index in [1.807, 2.05) is 47.4 Å². The third kappa shape index (κ3) is 3.63. The number of hydrogen-bond acceptors (Lipinski definition) is 5. The molecule has 0 bridgehead atoms. The SMILES string of the molecule is N=C(NCc1ccccc1)N1CCC2(CC1)CSC1=C(O2)c2ccccc2C(=O)C1=O. The molecule has 1 fully saturated rings. The summed E-state index contributed by atoms with van der Waals surface area (Å²) in [6, 6.07) is 17.2. The quantitative estimate of drug-likeness (QED) is 0.429. The third-order valence-electron chi connectivity index (χ3n) is 6.13. The van der Waals surface area contributed by atoms with Crippen LogP contribution < -0.4 is 5.32 Å². The van der Waals surface area contributed by atoms with Gasteiger partial charge in [0.05, 0.1) is 0 Å². The molecule has 0 saturated carbocycles. The van der Waals surface area contributed by atoms with E-state index in [0.717, 1.165) is 18.4 Å². The number of hydrogen-bond donors (Lipinski definition) is 2. The van der Waals surface area contributed by atoms with Gasteiger partial charge < -0.3 is 15.0 Å². The van der Waals surface area contributed by atoms with Crippen molar-refractivity contribution >= 4 is 35.0 Å². The lowest BCUT2D eigenvalue weighted by Crippen LogP contribution is -2.53. The first-order chi connectivity index (χ1) is 15.1. The lowest BCUT2D eigenvalue weighted by Gasteiger charge is -2.45. The van der Waals surface area contributed by atoms with Crippen LogP contribution in [0.15, 0.2) is 59.5 Å². The number of allylic oxidation sites excluding steroid dienone is 1. The molecule has 2 aromatic rings. The molecule has 2 aromatic carbocycles. The van der Waals surface area contributed by atoms with Gasteiger partial charge in [-0.05, 0) is 5.56 Å². The van der Waals surface area contributed by atoms with Gasteiger partial charge in [-0.15, -0.1) is 11.8 Å². The van der Waals surface area contributed by atoms with Crippen molar-refractivity contribution in [2.24, 2.45) is 0 Å². The van der Waals surface area contributed by atoms with Crippen molar-refractivity contribution < 1.29 is 14.3 Å². The van der Waals surface area contributed by atoms with Crippen molar-refractivity contribution in [3.05, 3.63) is 76.2 Å². The number of fused-ring (bicyclic) bond motifs is 2. The lowest BCUT2D eigenvalue weighted by molar-refractivity contribution is -0.111. The highest BCUT2D eigenvalue weighted by Crippen LogP contribution is 2.47. The van der Waals surface area contributed by atoms with Gasteiger partial charge in [-0.25, -0.2) is 0 Å². The van der Waals surface area contributed by atoms with E-state index >= 15 is 0 Å². The average Bonchev–Trinajstić information content (AvgIpc) is 2.82. The van der Waals surface area contributed by atoms with Crippen molar-refractivity contribution in [1.29, 1.82) is 5.41 Å². The Labute approximate surface area is 185 Å². The Bertz CT molecular complexity index is 1090. The number of nitrogens with zero attached hydrogens (tertiary/aromatic N) is 1. The summed E-state index contributed by atoms with van der Waals surface area (Å²) in [5.74, 6) is 0.714. The molecule has 31 heavy (non-hydrogen) atoms. The van der Waals surface area contributed by atoms with E-state index in [1.165, 1.54) is 11.8 Å². The number of rotatable bonds is 2. The van der Waals surface area contributed by atoms with Crippen LogP contribution in [0.1, 0.15) is 34.3 Å². The monoisotopic (exact) mass is 433 g/mol. The van der Waals surface area contributed by atoms with Crippen LogP contribution in [0, 0.1) is 5.41 Å². The van der Waals surface area contributed by atoms with Crippen LogP contribution in [-0.2, 0) is 16.1 Å². The predicted molar refractivity (Wildman–Crippen MR) is 121 cm³/mol. The first kappa shape index (κ1) is 19.9. The summed E-state index contributed by atoms with van der Waals surface area (Å²) >= 11 is 1.44. The van der Waals surface area contributed by atoms with Gasteiger partial charge >= 0.3 is 0 Å². The van der Waals surface area contributed by atoms with Crippen LogP contribution in [-0.4, -0.2) is 46.9 Å². The van der Waals surface area contributed by atoms with Gasteiger partial charge in [0.1, 0.15) is 16.3 Å². The van der Waals surface area contributed by atoms with Gasteiger partial charge in [0.15, 0.2) is 5.96 Å². The highest BCUT2D eigenvalue weighted by molar-refractivity contribution is 8.04. The number of benzene rings is 2. The highest BCUT2D eigenvalue weighted by atomic mass is 32.2. The van der Waals surface area contributed by atoms with Crippen molar-refractivity contribution in [2.45, 2.75) is 25.0 Å². The largest absolute Gasteiger partial charge is 0.484 e. The Morgan fingerprint density at radius 1 is 1.00 bits per heavy atom. The Hall–Kier alpha value is -3.06. The summed E-state index contributed by atoms with van der Waals surface area (Å²) in [4.78, 5) is 27.5. The van der Waals surface area contributed by atoms with Crippen molar-refractivity contribution in [1.82, 2.24) is 10.2 Å². The molecule has 2 N–H and O–H groups in total. The number of carbonyl (C=O) groups is 2. The normalized spacial score (nSPS) is 19.5. The first-order valence-electron chi connectivity index (χ1n) is 10.4. The molecular weight excluding hydrogens is 410 g/mol. The number of Topliss-reactive ketones (excluding diaryl/α,β-unsaturated/α-hetero) is 2. The maximum atomic E-state index is 12.6. The second-order valence-corrected chi connectivity index (χ2v) is 9.10. The van der Waals surface area contributed by atoms with Crippen LogP contribution in [0.5, 0.6) is 0 Å². The number of nitrogens with one attached hydrogen (secondary N) is 2. The zero-order chi connectivity index (χ0) is 21.4. The minimum Gasteiger partial charge on any atom is -0.484 e. The number of thioether (sulfide) groups is 1. The number of ketones is 2. The van der Waals surface area contributed by atoms with Crippen LogP contribution in [0.2, 0.25) is 0 Å². The van der Waals surface area contributed by atoms with E-state index in [0.29, 0.717) is 53.1 Å². The van der Waals surface area contributed by atoms with Crippen LogP contribution in [0.25, 0.3) is 5.76 Å². The second kappa shape index (κ2) is 7.89. The van der Waals surface area contributed by atoms with Crippen molar-refractivity contribution in [3.63, 3.8) is 0 Å². The van der Waals surface area contributed by atoms with Gasteiger partial charge in [-0.1, -0.05) is 54.6 Å². The maximum Gasteiger partial charge on any atom is 0.243 e. The Kier molecular flexibility index (Phi) is 5.06. The Morgan fingerprint density at radius 2 is 1.68 bits per heavy atom. The number of ether oxygens (including phenoxy) is 1. The van der Waals surface area contributed by atoms with Gasteiger partial charge in [-0.2, -0.15) is 0 Å². The summed E-state index contributed by atoms with van der Waals surface area (Å²) in [6.07, 6.45) is 1.52. The summed E-state index contributed by atoms with van der Waals surface area (Å²) in [5.41, 5.74) is 1.90. The predicted octanol–water partition coefficient (Wildman–Crippen LogP) is 3.44. The molecule has 3 aliphatic rings. The van der Waals surface area contributed by atoms with Crippen LogP contribution in [0.3, 0.4) is 0 Å². The fourth-order valence-electron chi connectivity index (χ4n) is 4.29. The van der Waals surface area contributed by atoms with Gasteiger partial charge in [-0.3, -0.25) is 15.0 Å². The minimum atomic E-state index is -0.460. The number of guanidine groups is 1. The maximum absolute atomic E-state index is 12.6. The molecule has 0 unspecified atom stereocenters. The summed E-state index contributed by atoms with van der Waals surface area (Å²) in [7, 11) is 0. The molecule has 7 heteroatoms. The zero-order valence-corrected chi connectivity index (χ0v) is 17.8. The van der Waals surface area contributed by atoms with Gasteiger partial charge in [0.2, 0.25) is 11.6 Å². The van der Waals surface area contributed by atoms with Crippen LogP contribution >= 0.6 is 11.8 Å². The molecule has 0 radical (unpaired) electrons. The summed E-state index contributed by atoms with van der Waals surface area (Å²) in [5, 5.41) is 11.6.